The lowest BCUT2D eigenvalue weighted by Gasteiger charge is -2.36. The number of rotatable bonds is 5. The van der Waals surface area contributed by atoms with Crippen molar-refractivity contribution in [3.63, 3.8) is 0 Å². The van der Waals surface area contributed by atoms with E-state index in [0.717, 1.165) is 19.6 Å². The van der Waals surface area contributed by atoms with E-state index in [1.165, 1.54) is 11.3 Å². The predicted molar refractivity (Wildman–Crippen MR) is 76.1 cm³/mol. The van der Waals surface area contributed by atoms with Crippen molar-refractivity contribution in [1.29, 1.82) is 0 Å². The molecule has 2 N–H and O–H groups in total. The van der Waals surface area contributed by atoms with Crippen LogP contribution in [0.15, 0.2) is 24.3 Å². The molecule has 1 aliphatic rings. The summed E-state index contributed by atoms with van der Waals surface area (Å²) in [6.45, 7) is 4.73. The quantitative estimate of drug-likeness (QED) is 0.866. The van der Waals surface area contributed by atoms with Gasteiger partial charge in [0.25, 0.3) is 0 Å². The normalized spacial score (nSPS) is 19.1. The van der Waals surface area contributed by atoms with Crippen molar-refractivity contribution in [2.45, 2.75) is 18.8 Å². The van der Waals surface area contributed by atoms with Crippen LogP contribution in [0, 0.1) is 5.92 Å². The molecule has 1 atom stereocenters. The first kappa shape index (κ1) is 13.4. The Morgan fingerprint density at radius 3 is 2.28 bits per heavy atom. The van der Waals surface area contributed by atoms with Crippen LogP contribution in [-0.2, 0) is 10.2 Å². The molecule has 0 bridgehead atoms. The van der Waals surface area contributed by atoms with Gasteiger partial charge in [0.05, 0.1) is 13.2 Å². The van der Waals surface area contributed by atoms with Crippen molar-refractivity contribution >= 4 is 5.69 Å². The predicted octanol–water partition coefficient (Wildman–Crippen LogP) is 2.01. The lowest BCUT2D eigenvalue weighted by atomic mass is 9.75. The smallest absolute Gasteiger partial charge is 0.0516 e. The molecule has 1 aromatic rings. The highest BCUT2D eigenvalue weighted by atomic mass is 16.5. The van der Waals surface area contributed by atoms with Crippen molar-refractivity contribution in [3.05, 3.63) is 29.8 Å². The van der Waals surface area contributed by atoms with E-state index in [1.807, 2.05) is 0 Å². The van der Waals surface area contributed by atoms with Crippen LogP contribution in [0.2, 0.25) is 0 Å². The maximum Gasteiger partial charge on any atom is 0.0516 e. The Labute approximate surface area is 110 Å². The Bertz CT molecular complexity index is 384. The lowest BCUT2D eigenvalue weighted by molar-refractivity contribution is -0.0441. The van der Waals surface area contributed by atoms with Crippen LogP contribution in [0.4, 0.5) is 5.69 Å². The average molecular weight is 248 g/mol. The number of hydrogen-bond donors (Lipinski definition) is 1. The zero-order chi connectivity index (χ0) is 13.2. The van der Waals surface area contributed by atoms with Gasteiger partial charge in [-0.05, 0) is 24.1 Å². The summed E-state index contributed by atoms with van der Waals surface area (Å²) < 4.78 is 5.26. The molecule has 1 fully saturated rings. The SMILES string of the molecule is CN(C)c1ccc(C(C)(CN)CC2COC2)cc1. The molecule has 1 saturated heterocycles. The van der Waals surface area contributed by atoms with Gasteiger partial charge < -0.3 is 15.4 Å². The van der Waals surface area contributed by atoms with Crippen LogP contribution in [0.25, 0.3) is 0 Å². The van der Waals surface area contributed by atoms with E-state index < -0.39 is 0 Å². The first-order chi connectivity index (χ1) is 8.55. The average Bonchev–Trinajstić information content (AvgIpc) is 2.34. The van der Waals surface area contributed by atoms with Crippen molar-refractivity contribution in [1.82, 2.24) is 0 Å². The number of nitrogens with two attached hydrogens (primary N) is 1. The van der Waals surface area contributed by atoms with E-state index in [0.29, 0.717) is 12.5 Å². The van der Waals surface area contributed by atoms with E-state index in [1.54, 1.807) is 0 Å². The van der Waals surface area contributed by atoms with Gasteiger partial charge in [0.1, 0.15) is 0 Å². The Hall–Kier alpha value is -1.06. The maximum absolute atomic E-state index is 6.01. The third-order valence-electron chi connectivity index (χ3n) is 3.98. The third kappa shape index (κ3) is 2.68. The summed E-state index contributed by atoms with van der Waals surface area (Å²) in [5, 5.41) is 0. The third-order valence-corrected chi connectivity index (χ3v) is 3.98. The minimum absolute atomic E-state index is 0.0687. The number of anilines is 1. The van der Waals surface area contributed by atoms with E-state index in [9.17, 15) is 0 Å². The van der Waals surface area contributed by atoms with E-state index in [2.05, 4.69) is 50.2 Å². The van der Waals surface area contributed by atoms with E-state index in [-0.39, 0.29) is 5.41 Å². The molecule has 1 unspecified atom stereocenters. The number of ether oxygens (including phenoxy) is 1. The molecule has 0 saturated carbocycles. The monoisotopic (exact) mass is 248 g/mol. The van der Waals surface area contributed by atoms with Crippen LogP contribution >= 0.6 is 0 Å². The summed E-state index contributed by atoms with van der Waals surface area (Å²) >= 11 is 0. The molecule has 1 heterocycles. The van der Waals surface area contributed by atoms with Crippen LogP contribution in [0.3, 0.4) is 0 Å². The first-order valence-electron chi connectivity index (χ1n) is 6.61. The lowest BCUT2D eigenvalue weighted by Crippen LogP contribution is -2.39. The van der Waals surface area contributed by atoms with Gasteiger partial charge in [0.15, 0.2) is 0 Å². The fourth-order valence-corrected chi connectivity index (χ4v) is 2.52. The van der Waals surface area contributed by atoms with Gasteiger partial charge in [-0.15, -0.1) is 0 Å². The van der Waals surface area contributed by atoms with Crippen molar-refractivity contribution < 1.29 is 4.74 Å². The Morgan fingerprint density at radius 1 is 1.28 bits per heavy atom. The number of nitrogens with zero attached hydrogens (tertiary/aromatic N) is 1. The molecule has 0 aliphatic carbocycles. The second-order valence-corrected chi connectivity index (χ2v) is 5.81. The summed E-state index contributed by atoms with van der Waals surface area (Å²) in [7, 11) is 4.12. The molecule has 1 aliphatic heterocycles. The maximum atomic E-state index is 6.01. The number of benzene rings is 1. The first-order valence-corrected chi connectivity index (χ1v) is 6.61. The highest BCUT2D eigenvalue weighted by Crippen LogP contribution is 2.33. The molecule has 2 rings (SSSR count). The molecule has 0 radical (unpaired) electrons. The summed E-state index contributed by atoms with van der Waals surface area (Å²) in [5.74, 6) is 0.673. The Balaban J connectivity index is 2.14. The Kier molecular flexibility index (Phi) is 3.93. The second-order valence-electron chi connectivity index (χ2n) is 5.81. The van der Waals surface area contributed by atoms with Gasteiger partial charge in [0, 0.05) is 37.7 Å². The molecule has 3 heteroatoms. The molecule has 0 aromatic heterocycles. The second kappa shape index (κ2) is 5.29. The molecule has 0 amide bonds. The van der Waals surface area contributed by atoms with Crippen molar-refractivity contribution in [2.24, 2.45) is 11.7 Å². The summed E-state index contributed by atoms with van der Waals surface area (Å²) in [5.41, 5.74) is 8.64. The van der Waals surface area contributed by atoms with E-state index in [4.69, 9.17) is 10.5 Å². The van der Waals surface area contributed by atoms with Gasteiger partial charge >= 0.3 is 0 Å². The fourth-order valence-electron chi connectivity index (χ4n) is 2.52. The minimum atomic E-state index is 0.0687. The summed E-state index contributed by atoms with van der Waals surface area (Å²) in [6, 6.07) is 8.75. The molecule has 0 spiro atoms. The molecular formula is C15H24N2O. The largest absolute Gasteiger partial charge is 0.381 e. The van der Waals surface area contributed by atoms with Crippen LogP contribution in [0.1, 0.15) is 18.9 Å². The zero-order valence-corrected chi connectivity index (χ0v) is 11.6. The van der Waals surface area contributed by atoms with Crippen molar-refractivity contribution in [3.8, 4) is 0 Å². The molecule has 100 valence electrons. The Morgan fingerprint density at radius 2 is 1.89 bits per heavy atom. The van der Waals surface area contributed by atoms with Crippen molar-refractivity contribution in [2.75, 3.05) is 38.8 Å². The highest BCUT2D eigenvalue weighted by Gasteiger charge is 2.32. The van der Waals surface area contributed by atoms with E-state index >= 15 is 0 Å². The molecule has 18 heavy (non-hydrogen) atoms. The summed E-state index contributed by atoms with van der Waals surface area (Å²) in [4.78, 5) is 2.11. The molecule has 3 nitrogen and oxygen atoms in total. The highest BCUT2D eigenvalue weighted by molar-refractivity contribution is 5.47. The summed E-state index contributed by atoms with van der Waals surface area (Å²) in [6.07, 6.45) is 1.12. The fraction of sp³-hybridized carbons (Fsp3) is 0.600. The minimum Gasteiger partial charge on any atom is -0.381 e. The van der Waals surface area contributed by atoms with Crippen LogP contribution < -0.4 is 10.6 Å². The standard InChI is InChI=1S/C15H24N2O/c1-15(11-16,8-12-9-18-10-12)13-4-6-14(7-5-13)17(2)3/h4-7,12H,8-11,16H2,1-3H3. The zero-order valence-electron chi connectivity index (χ0n) is 11.6. The van der Waals surface area contributed by atoms with Gasteiger partial charge in [-0.3, -0.25) is 0 Å². The van der Waals surface area contributed by atoms with Crippen LogP contribution in [0.5, 0.6) is 0 Å². The van der Waals surface area contributed by atoms with Gasteiger partial charge in [-0.1, -0.05) is 19.1 Å². The van der Waals surface area contributed by atoms with Gasteiger partial charge in [0.2, 0.25) is 0 Å². The molecular weight excluding hydrogens is 224 g/mol. The number of hydrogen-bond acceptors (Lipinski definition) is 3. The molecule has 1 aromatic carbocycles. The topological polar surface area (TPSA) is 38.5 Å². The van der Waals surface area contributed by atoms with Gasteiger partial charge in [-0.2, -0.15) is 0 Å². The van der Waals surface area contributed by atoms with Crippen LogP contribution in [-0.4, -0.2) is 33.9 Å². The van der Waals surface area contributed by atoms with Gasteiger partial charge in [-0.25, -0.2) is 0 Å².